The van der Waals surface area contributed by atoms with Crippen LogP contribution in [-0.4, -0.2) is 34.9 Å². The molecule has 0 fully saturated rings. The molecule has 0 heterocycles. The van der Waals surface area contributed by atoms with Crippen molar-refractivity contribution in [3.63, 3.8) is 0 Å². The number of nitrogen functional groups attached to an aromatic ring is 1. The van der Waals surface area contributed by atoms with E-state index in [0.717, 1.165) is 0 Å². The lowest BCUT2D eigenvalue weighted by Crippen LogP contribution is -2.51. The number of anilines is 1. The fraction of sp³-hybridized carbons (Fsp3) is 0.364. The molecule has 0 bridgehead atoms. The first-order valence-corrected chi connectivity index (χ1v) is 5.39. The summed E-state index contributed by atoms with van der Waals surface area (Å²) in [5, 5.41) is 20.9. The van der Waals surface area contributed by atoms with Crippen LogP contribution in [0.3, 0.4) is 0 Å². The average molecular weight is 259 g/mol. The van der Waals surface area contributed by atoms with Gasteiger partial charge in [0.1, 0.15) is 0 Å². The van der Waals surface area contributed by atoms with Crippen LogP contribution >= 0.6 is 11.6 Å². The second-order valence-electron chi connectivity index (χ2n) is 4.07. The van der Waals surface area contributed by atoms with E-state index in [2.05, 4.69) is 5.32 Å². The molecule has 0 saturated heterocycles. The molecule has 5 nitrogen and oxygen atoms in total. The van der Waals surface area contributed by atoms with Crippen molar-refractivity contribution in [2.45, 2.75) is 12.5 Å². The Balaban J connectivity index is 2.90. The van der Waals surface area contributed by atoms with Gasteiger partial charge in [0.05, 0.1) is 29.3 Å². The molecule has 0 atom stereocenters. The number of carbonyl (C=O) groups excluding carboxylic acids is 1. The molecule has 0 saturated carbocycles. The third-order valence-electron chi connectivity index (χ3n) is 2.35. The van der Waals surface area contributed by atoms with Crippen molar-refractivity contribution in [3.8, 4) is 0 Å². The molecule has 0 aliphatic carbocycles. The minimum absolute atomic E-state index is 0.223. The highest BCUT2D eigenvalue weighted by molar-refractivity contribution is 6.34. The molecule has 0 aromatic heterocycles. The normalized spacial score (nSPS) is 11.3. The molecule has 6 heteroatoms. The Morgan fingerprint density at radius 1 is 1.47 bits per heavy atom. The number of benzene rings is 1. The molecule has 1 amide bonds. The van der Waals surface area contributed by atoms with Gasteiger partial charge in [-0.2, -0.15) is 0 Å². The Bertz CT molecular complexity index is 419. The van der Waals surface area contributed by atoms with Gasteiger partial charge in [0, 0.05) is 5.69 Å². The van der Waals surface area contributed by atoms with Crippen LogP contribution in [0.2, 0.25) is 5.02 Å². The van der Waals surface area contributed by atoms with Gasteiger partial charge in [-0.15, -0.1) is 0 Å². The first-order chi connectivity index (χ1) is 7.91. The van der Waals surface area contributed by atoms with Crippen molar-refractivity contribution >= 4 is 23.2 Å². The number of hydrogen-bond donors (Lipinski definition) is 4. The van der Waals surface area contributed by atoms with Crippen LogP contribution in [0.15, 0.2) is 18.2 Å². The zero-order valence-electron chi connectivity index (χ0n) is 9.40. The monoisotopic (exact) mass is 258 g/mol. The van der Waals surface area contributed by atoms with Gasteiger partial charge in [0.25, 0.3) is 5.91 Å². The summed E-state index contributed by atoms with van der Waals surface area (Å²) in [5.41, 5.74) is 5.13. The van der Waals surface area contributed by atoms with E-state index in [-0.39, 0.29) is 23.8 Å². The molecule has 0 aliphatic rings. The minimum Gasteiger partial charge on any atom is -0.399 e. The van der Waals surface area contributed by atoms with Gasteiger partial charge in [-0.3, -0.25) is 4.79 Å². The third-order valence-corrected chi connectivity index (χ3v) is 2.66. The van der Waals surface area contributed by atoms with Gasteiger partial charge in [-0.1, -0.05) is 11.6 Å². The van der Waals surface area contributed by atoms with E-state index in [0.29, 0.717) is 5.69 Å². The molecular weight excluding hydrogens is 244 g/mol. The SMILES string of the molecule is CC(CO)(CO)NC(=O)c1ccc(N)cc1Cl. The third kappa shape index (κ3) is 3.33. The molecular formula is C11H15ClN2O3. The van der Waals surface area contributed by atoms with Gasteiger partial charge in [-0.05, 0) is 25.1 Å². The molecule has 1 rings (SSSR count). The van der Waals surface area contributed by atoms with Crippen molar-refractivity contribution in [1.82, 2.24) is 5.32 Å². The van der Waals surface area contributed by atoms with E-state index in [1.165, 1.54) is 19.1 Å². The number of halogens is 1. The van der Waals surface area contributed by atoms with E-state index >= 15 is 0 Å². The quantitative estimate of drug-likeness (QED) is 0.588. The average Bonchev–Trinajstić information content (AvgIpc) is 2.28. The van der Waals surface area contributed by atoms with E-state index in [9.17, 15) is 4.79 Å². The lowest BCUT2D eigenvalue weighted by molar-refractivity contribution is 0.0724. The molecule has 0 spiro atoms. The van der Waals surface area contributed by atoms with Gasteiger partial charge >= 0.3 is 0 Å². The van der Waals surface area contributed by atoms with Gasteiger partial charge < -0.3 is 21.3 Å². The maximum atomic E-state index is 11.9. The maximum absolute atomic E-state index is 11.9. The lowest BCUT2D eigenvalue weighted by atomic mass is 10.0. The highest BCUT2D eigenvalue weighted by atomic mass is 35.5. The zero-order chi connectivity index (χ0) is 13.1. The fourth-order valence-electron chi connectivity index (χ4n) is 1.19. The molecule has 0 unspecified atom stereocenters. The Morgan fingerprint density at radius 3 is 2.53 bits per heavy atom. The van der Waals surface area contributed by atoms with Crippen LogP contribution in [0.1, 0.15) is 17.3 Å². The number of amides is 1. The van der Waals surface area contributed by atoms with E-state index in [1.807, 2.05) is 0 Å². The lowest BCUT2D eigenvalue weighted by Gasteiger charge is -2.26. The number of carbonyl (C=O) groups is 1. The van der Waals surface area contributed by atoms with Crippen LogP contribution in [0.4, 0.5) is 5.69 Å². The molecule has 1 aromatic carbocycles. The first kappa shape index (κ1) is 13.8. The Hall–Kier alpha value is -1.30. The molecule has 0 aliphatic heterocycles. The van der Waals surface area contributed by atoms with Crippen LogP contribution in [0.25, 0.3) is 0 Å². The fourth-order valence-corrected chi connectivity index (χ4v) is 1.46. The van der Waals surface area contributed by atoms with Crippen LogP contribution in [0, 0.1) is 0 Å². The summed E-state index contributed by atoms with van der Waals surface area (Å²) < 4.78 is 0. The molecule has 17 heavy (non-hydrogen) atoms. The second kappa shape index (κ2) is 5.35. The van der Waals surface area contributed by atoms with Crippen molar-refractivity contribution in [2.24, 2.45) is 0 Å². The predicted molar refractivity (Wildman–Crippen MR) is 65.9 cm³/mol. The van der Waals surface area contributed by atoms with Crippen molar-refractivity contribution < 1.29 is 15.0 Å². The smallest absolute Gasteiger partial charge is 0.253 e. The summed E-state index contributed by atoms with van der Waals surface area (Å²) in [5.74, 6) is -0.472. The largest absolute Gasteiger partial charge is 0.399 e. The highest BCUT2D eigenvalue weighted by Gasteiger charge is 2.25. The minimum atomic E-state index is -1.08. The standard InChI is InChI=1S/C11H15ClN2O3/c1-11(5-15,6-16)14-10(17)8-3-2-7(13)4-9(8)12/h2-4,15-16H,5-6,13H2,1H3,(H,14,17). The summed E-state index contributed by atoms with van der Waals surface area (Å²) in [7, 11) is 0. The van der Waals surface area contributed by atoms with Gasteiger partial charge in [0.2, 0.25) is 0 Å². The molecule has 5 N–H and O–H groups in total. The first-order valence-electron chi connectivity index (χ1n) is 5.01. The Kier molecular flexibility index (Phi) is 4.34. The van der Waals surface area contributed by atoms with Crippen LogP contribution in [-0.2, 0) is 0 Å². The summed E-state index contributed by atoms with van der Waals surface area (Å²) in [6, 6.07) is 4.50. The summed E-state index contributed by atoms with van der Waals surface area (Å²) in [4.78, 5) is 11.9. The number of aliphatic hydroxyl groups is 2. The van der Waals surface area contributed by atoms with Gasteiger partial charge in [0.15, 0.2) is 0 Å². The number of nitrogens with two attached hydrogens (primary N) is 1. The highest BCUT2D eigenvalue weighted by Crippen LogP contribution is 2.19. The zero-order valence-corrected chi connectivity index (χ0v) is 10.2. The van der Waals surface area contributed by atoms with Crippen molar-refractivity contribution in [2.75, 3.05) is 18.9 Å². The number of hydrogen-bond acceptors (Lipinski definition) is 4. The summed E-state index contributed by atoms with van der Waals surface area (Å²) in [6.45, 7) is 0.778. The Morgan fingerprint density at radius 2 is 2.06 bits per heavy atom. The second-order valence-corrected chi connectivity index (χ2v) is 4.48. The number of nitrogens with one attached hydrogen (secondary N) is 1. The van der Waals surface area contributed by atoms with Crippen molar-refractivity contribution in [3.05, 3.63) is 28.8 Å². The maximum Gasteiger partial charge on any atom is 0.253 e. The molecule has 0 radical (unpaired) electrons. The van der Waals surface area contributed by atoms with E-state index in [1.54, 1.807) is 6.07 Å². The van der Waals surface area contributed by atoms with E-state index in [4.69, 9.17) is 27.5 Å². The Labute approximate surface area is 104 Å². The van der Waals surface area contributed by atoms with E-state index < -0.39 is 11.4 Å². The van der Waals surface area contributed by atoms with Crippen molar-refractivity contribution in [1.29, 1.82) is 0 Å². The van der Waals surface area contributed by atoms with Crippen LogP contribution in [0.5, 0.6) is 0 Å². The van der Waals surface area contributed by atoms with Gasteiger partial charge in [-0.25, -0.2) is 0 Å². The predicted octanol–water partition coefficient (Wildman–Crippen LogP) is 0.395. The summed E-state index contributed by atoms with van der Waals surface area (Å²) in [6.07, 6.45) is 0. The number of rotatable bonds is 4. The molecule has 1 aromatic rings. The summed E-state index contributed by atoms with van der Waals surface area (Å²) >= 11 is 5.87. The molecule has 94 valence electrons. The number of aliphatic hydroxyl groups excluding tert-OH is 2. The van der Waals surface area contributed by atoms with Crippen LogP contribution < -0.4 is 11.1 Å². The topological polar surface area (TPSA) is 95.6 Å².